The van der Waals surface area contributed by atoms with Crippen LogP contribution in [0, 0.1) is 0 Å². The van der Waals surface area contributed by atoms with Gasteiger partial charge in [0.05, 0.1) is 0 Å². The first-order chi connectivity index (χ1) is 7.12. The van der Waals surface area contributed by atoms with Crippen molar-refractivity contribution in [1.82, 2.24) is 9.21 Å². The van der Waals surface area contributed by atoms with Gasteiger partial charge in [-0.1, -0.05) is 0 Å². The summed E-state index contributed by atoms with van der Waals surface area (Å²) in [5.41, 5.74) is 0. The summed E-state index contributed by atoms with van der Waals surface area (Å²) in [4.78, 5) is 13.2. The molecule has 15 heavy (non-hydrogen) atoms. The lowest BCUT2D eigenvalue weighted by Crippen LogP contribution is -2.41. The van der Waals surface area contributed by atoms with Crippen LogP contribution in [0.3, 0.4) is 0 Å². The summed E-state index contributed by atoms with van der Waals surface area (Å²) in [5.74, 6) is 0. The van der Waals surface area contributed by atoms with E-state index in [0.29, 0.717) is 26.2 Å². The number of rotatable bonds is 1. The highest BCUT2D eigenvalue weighted by Gasteiger charge is 2.36. The fourth-order valence-electron chi connectivity index (χ4n) is 2.10. The number of hydrogen-bond donors (Lipinski definition) is 0. The fourth-order valence-corrected chi connectivity index (χ4v) is 3.57. The van der Waals surface area contributed by atoms with Gasteiger partial charge in [-0.2, -0.15) is 4.31 Å². The van der Waals surface area contributed by atoms with Gasteiger partial charge in [0, 0.05) is 26.2 Å². The van der Waals surface area contributed by atoms with E-state index in [1.165, 1.54) is 9.21 Å². The Morgan fingerprint density at radius 2 is 1.33 bits per heavy atom. The molecule has 2 aliphatic heterocycles. The lowest BCUT2D eigenvalue weighted by molar-refractivity contribution is 0.229. The SMILES string of the molecule is O=C(N1CCCC1)S(=O)(=O)N1CCCC1. The molecule has 2 aliphatic rings. The highest BCUT2D eigenvalue weighted by atomic mass is 32.2. The molecule has 0 aliphatic carbocycles. The van der Waals surface area contributed by atoms with Crippen LogP contribution in [-0.2, 0) is 10.0 Å². The summed E-state index contributed by atoms with van der Waals surface area (Å²) < 4.78 is 25.0. The van der Waals surface area contributed by atoms with E-state index >= 15 is 0 Å². The van der Waals surface area contributed by atoms with Crippen LogP contribution in [0.1, 0.15) is 25.7 Å². The Morgan fingerprint density at radius 1 is 0.867 bits per heavy atom. The van der Waals surface area contributed by atoms with Crippen LogP contribution in [0.5, 0.6) is 0 Å². The Balaban J connectivity index is 2.10. The number of carbonyl (C=O) groups is 1. The summed E-state index contributed by atoms with van der Waals surface area (Å²) in [6.07, 6.45) is 3.57. The van der Waals surface area contributed by atoms with Crippen molar-refractivity contribution in [3.63, 3.8) is 0 Å². The molecule has 0 aromatic heterocycles. The van der Waals surface area contributed by atoms with Gasteiger partial charge in [-0.15, -0.1) is 0 Å². The lowest BCUT2D eigenvalue weighted by atomic mass is 10.4. The van der Waals surface area contributed by atoms with Crippen molar-refractivity contribution in [3.05, 3.63) is 0 Å². The van der Waals surface area contributed by atoms with Crippen LogP contribution < -0.4 is 0 Å². The third-order valence-electron chi connectivity index (χ3n) is 2.99. The van der Waals surface area contributed by atoms with Gasteiger partial charge >= 0.3 is 5.24 Å². The first-order valence-corrected chi connectivity index (χ1v) is 6.85. The lowest BCUT2D eigenvalue weighted by Gasteiger charge is -2.20. The second-order valence-electron chi connectivity index (χ2n) is 4.07. The molecule has 2 rings (SSSR count). The van der Waals surface area contributed by atoms with Crippen LogP contribution in [0.4, 0.5) is 4.79 Å². The first-order valence-electron chi connectivity index (χ1n) is 5.41. The molecule has 0 unspecified atom stereocenters. The fraction of sp³-hybridized carbons (Fsp3) is 0.889. The maximum atomic E-state index is 11.9. The molecule has 0 N–H and O–H groups in total. The predicted octanol–water partition coefficient (Wildman–Crippen LogP) is 0.628. The minimum absolute atomic E-state index is 0.502. The minimum Gasteiger partial charge on any atom is -0.328 e. The van der Waals surface area contributed by atoms with Crippen LogP contribution in [0.15, 0.2) is 0 Å². The Morgan fingerprint density at radius 3 is 1.87 bits per heavy atom. The normalized spacial score (nSPS) is 23.6. The molecule has 6 heteroatoms. The molecule has 5 nitrogen and oxygen atoms in total. The smallest absolute Gasteiger partial charge is 0.328 e. The monoisotopic (exact) mass is 232 g/mol. The number of carbonyl (C=O) groups excluding carboxylic acids is 1. The molecule has 1 amide bonds. The molecule has 0 aromatic carbocycles. The second kappa shape index (κ2) is 4.09. The maximum Gasteiger partial charge on any atom is 0.354 e. The topological polar surface area (TPSA) is 57.7 Å². The summed E-state index contributed by atoms with van der Waals surface area (Å²) >= 11 is 0. The number of hydrogen-bond acceptors (Lipinski definition) is 3. The van der Waals surface area contributed by atoms with Gasteiger partial charge in [-0.25, -0.2) is 8.42 Å². The van der Waals surface area contributed by atoms with Gasteiger partial charge < -0.3 is 4.90 Å². The Bertz CT molecular complexity index is 340. The van der Waals surface area contributed by atoms with Crippen molar-refractivity contribution in [2.45, 2.75) is 25.7 Å². The standard InChI is InChI=1S/C9H16N2O3S/c12-9(10-5-1-2-6-10)15(13,14)11-7-3-4-8-11/h1-8H2. The third-order valence-corrected chi connectivity index (χ3v) is 4.73. The van der Waals surface area contributed by atoms with Gasteiger partial charge in [0.15, 0.2) is 0 Å². The van der Waals surface area contributed by atoms with E-state index in [2.05, 4.69) is 0 Å². The van der Waals surface area contributed by atoms with E-state index in [0.717, 1.165) is 25.7 Å². The highest BCUT2D eigenvalue weighted by molar-refractivity contribution is 8.03. The molecular weight excluding hydrogens is 216 g/mol. The van der Waals surface area contributed by atoms with Crippen molar-refractivity contribution < 1.29 is 13.2 Å². The number of sulfonamides is 1. The zero-order valence-corrected chi connectivity index (χ0v) is 9.50. The number of amides is 1. The zero-order valence-electron chi connectivity index (χ0n) is 8.68. The van der Waals surface area contributed by atoms with Crippen molar-refractivity contribution in [1.29, 1.82) is 0 Å². The molecule has 0 aromatic rings. The molecule has 2 saturated heterocycles. The summed E-state index contributed by atoms with van der Waals surface area (Å²) in [6, 6.07) is 0. The molecule has 0 spiro atoms. The van der Waals surface area contributed by atoms with E-state index in [1.807, 2.05) is 0 Å². The van der Waals surface area contributed by atoms with Gasteiger partial charge in [-0.05, 0) is 25.7 Å². The minimum atomic E-state index is -3.70. The number of nitrogens with zero attached hydrogens (tertiary/aromatic N) is 2. The van der Waals surface area contributed by atoms with Gasteiger partial charge in [0.2, 0.25) is 0 Å². The van der Waals surface area contributed by atoms with E-state index in [1.54, 1.807) is 0 Å². The first kappa shape index (κ1) is 10.9. The van der Waals surface area contributed by atoms with Gasteiger partial charge in [0.1, 0.15) is 0 Å². The van der Waals surface area contributed by atoms with Crippen molar-refractivity contribution in [2.24, 2.45) is 0 Å². The summed E-state index contributed by atoms with van der Waals surface area (Å²) in [6.45, 7) is 2.18. The Labute approximate surface area is 90.1 Å². The molecular formula is C9H16N2O3S. The van der Waals surface area contributed by atoms with Crippen molar-refractivity contribution in [3.8, 4) is 0 Å². The van der Waals surface area contributed by atoms with Crippen LogP contribution in [-0.4, -0.2) is 49.0 Å². The summed E-state index contributed by atoms with van der Waals surface area (Å²) in [7, 11) is -3.70. The maximum absolute atomic E-state index is 11.9. The molecule has 2 fully saturated rings. The van der Waals surface area contributed by atoms with Crippen LogP contribution >= 0.6 is 0 Å². The predicted molar refractivity (Wildman–Crippen MR) is 55.9 cm³/mol. The number of likely N-dealkylation sites (tertiary alicyclic amines) is 1. The molecule has 0 bridgehead atoms. The Kier molecular flexibility index (Phi) is 2.97. The largest absolute Gasteiger partial charge is 0.354 e. The van der Waals surface area contributed by atoms with E-state index < -0.39 is 15.3 Å². The quantitative estimate of drug-likeness (QED) is 0.666. The third kappa shape index (κ3) is 2.01. The average molecular weight is 232 g/mol. The molecule has 0 saturated carbocycles. The van der Waals surface area contributed by atoms with E-state index in [9.17, 15) is 13.2 Å². The average Bonchev–Trinajstić information content (AvgIpc) is 2.89. The van der Waals surface area contributed by atoms with Crippen molar-refractivity contribution >= 4 is 15.3 Å². The van der Waals surface area contributed by atoms with E-state index in [4.69, 9.17) is 0 Å². The Hall–Kier alpha value is -0.620. The van der Waals surface area contributed by atoms with Crippen LogP contribution in [0.25, 0.3) is 0 Å². The zero-order chi connectivity index (χ0) is 10.9. The van der Waals surface area contributed by atoms with Crippen LogP contribution in [0.2, 0.25) is 0 Å². The second-order valence-corrected chi connectivity index (χ2v) is 5.89. The van der Waals surface area contributed by atoms with Crippen molar-refractivity contribution in [2.75, 3.05) is 26.2 Å². The molecule has 0 radical (unpaired) electrons. The molecule has 0 atom stereocenters. The van der Waals surface area contributed by atoms with Gasteiger partial charge in [0.25, 0.3) is 10.0 Å². The molecule has 86 valence electrons. The van der Waals surface area contributed by atoms with Gasteiger partial charge in [-0.3, -0.25) is 4.79 Å². The molecule has 2 heterocycles. The van der Waals surface area contributed by atoms with E-state index in [-0.39, 0.29) is 0 Å². The summed E-state index contributed by atoms with van der Waals surface area (Å²) in [5, 5.41) is -0.693. The highest BCUT2D eigenvalue weighted by Crippen LogP contribution is 2.18.